The van der Waals surface area contributed by atoms with Gasteiger partial charge in [0.2, 0.25) is 0 Å². The average molecular weight is 482 g/mol. The number of carbonyl (C=O) groups excluding carboxylic acids is 2. The molecule has 1 saturated heterocycles. The number of amides is 1. The Bertz CT molecular complexity index is 1170. The van der Waals surface area contributed by atoms with Crippen molar-refractivity contribution in [3.63, 3.8) is 0 Å². The Kier molecular flexibility index (Phi) is 7.21. The lowest BCUT2D eigenvalue weighted by Crippen LogP contribution is -2.35. The minimum Gasteiger partial charge on any atom is -0.370 e. The first kappa shape index (κ1) is 24.5. The normalized spacial score (nSPS) is 15.8. The number of carbonyl (C=O) groups is 2. The summed E-state index contributed by atoms with van der Waals surface area (Å²) in [6.07, 6.45) is -3.41. The van der Waals surface area contributed by atoms with Gasteiger partial charge in [-0.05, 0) is 73.0 Å². The molecule has 2 N–H and O–H groups in total. The summed E-state index contributed by atoms with van der Waals surface area (Å²) in [4.78, 5) is 26.0. The summed E-state index contributed by atoms with van der Waals surface area (Å²) in [5, 5.41) is 6.13. The second-order valence-corrected chi connectivity index (χ2v) is 8.67. The Morgan fingerprint density at radius 3 is 2.09 bits per heavy atom. The maximum Gasteiger partial charge on any atom is 0.416 e. The maximum atomic E-state index is 12.8. The van der Waals surface area contributed by atoms with Crippen molar-refractivity contribution in [3.8, 4) is 11.1 Å². The summed E-state index contributed by atoms with van der Waals surface area (Å²) < 4.78 is 38.3. The number of rotatable bonds is 7. The third kappa shape index (κ3) is 6.27. The molecule has 1 amide bonds. The largest absolute Gasteiger partial charge is 0.416 e. The van der Waals surface area contributed by atoms with E-state index in [4.69, 9.17) is 0 Å². The molecular formula is C27H26F3N3O2. The molecule has 3 aromatic rings. The van der Waals surface area contributed by atoms with Crippen LogP contribution in [-0.2, 0) is 11.0 Å². The van der Waals surface area contributed by atoms with Crippen LogP contribution in [0.5, 0.6) is 0 Å². The van der Waals surface area contributed by atoms with Crippen molar-refractivity contribution >= 4 is 23.1 Å². The predicted octanol–water partition coefficient (Wildman–Crippen LogP) is 5.38. The van der Waals surface area contributed by atoms with Crippen molar-refractivity contribution in [2.45, 2.75) is 25.6 Å². The van der Waals surface area contributed by atoms with Crippen molar-refractivity contribution in [2.75, 3.05) is 29.9 Å². The van der Waals surface area contributed by atoms with E-state index in [-0.39, 0.29) is 17.7 Å². The van der Waals surface area contributed by atoms with Crippen molar-refractivity contribution < 1.29 is 22.8 Å². The molecule has 8 heteroatoms. The van der Waals surface area contributed by atoms with Crippen LogP contribution in [0.2, 0.25) is 0 Å². The summed E-state index contributed by atoms with van der Waals surface area (Å²) >= 11 is 0. The minimum atomic E-state index is -4.37. The number of ketones is 1. The van der Waals surface area contributed by atoms with Crippen LogP contribution in [0.3, 0.4) is 0 Å². The molecule has 5 nitrogen and oxygen atoms in total. The van der Waals surface area contributed by atoms with Gasteiger partial charge >= 0.3 is 6.18 Å². The Labute approximate surface area is 202 Å². The quantitative estimate of drug-likeness (QED) is 0.476. The van der Waals surface area contributed by atoms with E-state index in [1.165, 1.54) is 12.1 Å². The zero-order valence-electron chi connectivity index (χ0n) is 19.2. The van der Waals surface area contributed by atoms with Crippen molar-refractivity contribution in [2.24, 2.45) is 0 Å². The van der Waals surface area contributed by atoms with E-state index in [9.17, 15) is 22.8 Å². The zero-order valence-corrected chi connectivity index (χ0v) is 19.2. The van der Waals surface area contributed by atoms with Crippen LogP contribution in [0.15, 0.2) is 72.8 Å². The summed E-state index contributed by atoms with van der Waals surface area (Å²) in [5.41, 5.74) is 2.83. The van der Waals surface area contributed by atoms with Gasteiger partial charge in [0.1, 0.15) is 5.78 Å². The highest BCUT2D eigenvalue weighted by Gasteiger charge is 2.30. The molecule has 4 rings (SSSR count). The molecule has 35 heavy (non-hydrogen) atoms. The van der Waals surface area contributed by atoms with E-state index in [2.05, 4.69) is 15.5 Å². The Morgan fingerprint density at radius 2 is 1.51 bits per heavy atom. The van der Waals surface area contributed by atoms with Gasteiger partial charge in [-0.25, -0.2) is 0 Å². The zero-order chi connectivity index (χ0) is 25.0. The van der Waals surface area contributed by atoms with Gasteiger partial charge in [0.25, 0.3) is 5.91 Å². The van der Waals surface area contributed by atoms with E-state index < -0.39 is 11.7 Å². The summed E-state index contributed by atoms with van der Waals surface area (Å²) in [6.45, 7) is 3.67. The second kappa shape index (κ2) is 10.3. The fourth-order valence-corrected chi connectivity index (χ4v) is 4.07. The molecule has 1 heterocycles. The average Bonchev–Trinajstić information content (AvgIpc) is 3.32. The van der Waals surface area contributed by atoms with Gasteiger partial charge in [-0.3, -0.25) is 9.59 Å². The van der Waals surface area contributed by atoms with Crippen LogP contribution in [0.1, 0.15) is 29.3 Å². The summed E-state index contributed by atoms with van der Waals surface area (Å²) in [7, 11) is 0. The summed E-state index contributed by atoms with van der Waals surface area (Å²) in [5.74, 6) is -0.149. The fraction of sp³-hybridized carbons (Fsp3) is 0.259. The lowest BCUT2D eigenvalue weighted by atomic mass is 10.0. The standard InChI is InChI=1S/C27H26F3N3O2/c1-18(34)16-31-24-14-15-33(17-24)25-12-10-23(11-13-25)32-26(35)21-4-2-19(3-5-21)20-6-8-22(9-7-20)27(28,29)30/h2-13,24,31H,14-17H2,1H3,(H,32,35). The Balaban J connectivity index is 1.34. The topological polar surface area (TPSA) is 61.4 Å². The molecule has 0 bridgehead atoms. The number of benzene rings is 3. The molecule has 0 aliphatic carbocycles. The van der Waals surface area contributed by atoms with Gasteiger partial charge in [-0.15, -0.1) is 0 Å². The number of hydrogen-bond acceptors (Lipinski definition) is 4. The second-order valence-electron chi connectivity index (χ2n) is 8.67. The molecule has 182 valence electrons. The molecule has 0 aromatic heterocycles. The molecule has 1 aliphatic rings. The Morgan fingerprint density at radius 1 is 0.914 bits per heavy atom. The predicted molar refractivity (Wildman–Crippen MR) is 131 cm³/mol. The lowest BCUT2D eigenvalue weighted by Gasteiger charge is -2.19. The number of Topliss-reactive ketones (excluding diaryl/α,β-unsaturated/α-hetero) is 1. The van der Waals surface area contributed by atoms with Gasteiger partial charge in [-0.2, -0.15) is 13.2 Å². The fourth-order valence-electron chi connectivity index (χ4n) is 4.07. The number of anilines is 2. The highest BCUT2D eigenvalue weighted by atomic mass is 19.4. The van der Waals surface area contributed by atoms with E-state index in [0.29, 0.717) is 23.4 Å². The Hall–Kier alpha value is -3.65. The first-order valence-electron chi connectivity index (χ1n) is 11.4. The lowest BCUT2D eigenvalue weighted by molar-refractivity contribution is -0.137. The minimum absolute atomic E-state index is 0.123. The van der Waals surface area contributed by atoms with Gasteiger partial charge in [0.05, 0.1) is 12.1 Å². The number of nitrogens with zero attached hydrogens (tertiary/aromatic N) is 1. The monoisotopic (exact) mass is 481 g/mol. The van der Waals surface area contributed by atoms with E-state index in [1.54, 1.807) is 31.2 Å². The first-order valence-corrected chi connectivity index (χ1v) is 11.4. The van der Waals surface area contributed by atoms with E-state index in [0.717, 1.165) is 42.9 Å². The molecule has 1 atom stereocenters. The first-order chi connectivity index (χ1) is 16.7. The third-order valence-electron chi connectivity index (χ3n) is 6.01. The van der Waals surface area contributed by atoms with Gasteiger partial charge in [-0.1, -0.05) is 24.3 Å². The molecule has 0 saturated carbocycles. The third-order valence-corrected chi connectivity index (χ3v) is 6.01. The molecule has 1 unspecified atom stereocenters. The van der Waals surface area contributed by atoms with E-state index in [1.807, 2.05) is 24.3 Å². The van der Waals surface area contributed by atoms with Gasteiger partial charge in [0.15, 0.2) is 0 Å². The molecule has 3 aromatic carbocycles. The molecule has 0 spiro atoms. The molecule has 0 radical (unpaired) electrons. The smallest absolute Gasteiger partial charge is 0.370 e. The number of hydrogen-bond donors (Lipinski definition) is 2. The number of alkyl halides is 3. The van der Waals surface area contributed by atoms with Crippen LogP contribution in [0.4, 0.5) is 24.5 Å². The highest BCUT2D eigenvalue weighted by molar-refractivity contribution is 6.04. The van der Waals surface area contributed by atoms with Crippen molar-refractivity contribution in [3.05, 3.63) is 83.9 Å². The van der Waals surface area contributed by atoms with Gasteiger partial charge < -0.3 is 15.5 Å². The van der Waals surface area contributed by atoms with Crippen LogP contribution >= 0.6 is 0 Å². The molecule has 1 aliphatic heterocycles. The SMILES string of the molecule is CC(=O)CNC1CCN(c2ccc(NC(=O)c3ccc(-c4ccc(C(F)(F)F)cc4)cc3)cc2)C1. The molecule has 1 fully saturated rings. The van der Waals surface area contributed by atoms with Crippen LogP contribution < -0.4 is 15.5 Å². The van der Waals surface area contributed by atoms with Crippen molar-refractivity contribution in [1.29, 1.82) is 0 Å². The van der Waals surface area contributed by atoms with Crippen molar-refractivity contribution in [1.82, 2.24) is 5.32 Å². The molecular weight excluding hydrogens is 455 g/mol. The van der Waals surface area contributed by atoms with Crippen LogP contribution in [0.25, 0.3) is 11.1 Å². The number of halogens is 3. The van der Waals surface area contributed by atoms with Gasteiger partial charge in [0, 0.05) is 36.1 Å². The summed E-state index contributed by atoms with van der Waals surface area (Å²) in [6, 6.07) is 19.5. The van der Waals surface area contributed by atoms with E-state index >= 15 is 0 Å². The number of nitrogens with one attached hydrogen (secondary N) is 2. The highest BCUT2D eigenvalue weighted by Crippen LogP contribution is 2.31. The van der Waals surface area contributed by atoms with Crippen LogP contribution in [-0.4, -0.2) is 37.4 Å². The maximum absolute atomic E-state index is 12.8. The van der Waals surface area contributed by atoms with Crippen LogP contribution in [0, 0.1) is 0 Å².